The normalized spacial score (nSPS) is 14.8. The van der Waals surface area contributed by atoms with E-state index in [4.69, 9.17) is 22.0 Å². The molecular weight excluding hydrogens is 390 g/mol. The fraction of sp³-hybridized carbons (Fsp3) is 0.0385. The number of hydrogen-bond acceptors (Lipinski definition) is 2. The summed E-state index contributed by atoms with van der Waals surface area (Å²) in [7, 11) is 0. The SMILES string of the molecule is Clc1ccc(N2[N]C(c3ccccc3)=NC2(c2ccccc2)c2ccccc2)cc1. The minimum Gasteiger partial charge on any atom is -0.227 e. The number of aliphatic imine (C=N–C) groups is 1. The first kappa shape index (κ1) is 18.5. The van der Waals surface area contributed by atoms with Crippen molar-refractivity contribution < 1.29 is 0 Å². The van der Waals surface area contributed by atoms with Gasteiger partial charge in [0.25, 0.3) is 0 Å². The van der Waals surface area contributed by atoms with Gasteiger partial charge in [0, 0.05) is 21.7 Å². The number of benzene rings is 4. The lowest BCUT2D eigenvalue weighted by molar-refractivity contribution is 0.512. The van der Waals surface area contributed by atoms with Crippen molar-refractivity contribution in [3.63, 3.8) is 0 Å². The van der Waals surface area contributed by atoms with E-state index in [1.807, 2.05) is 96.0 Å². The van der Waals surface area contributed by atoms with E-state index in [0.717, 1.165) is 22.4 Å². The smallest absolute Gasteiger partial charge is 0.206 e. The van der Waals surface area contributed by atoms with Crippen molar-refractivity contribution in [1.82, 2.24) is 5.43 Å². The Labute approximate surface area is 181 Å². The molecule has 1 radical (unpaired) electrons. The number of nitrogens with zero attached hydrogens (tertiary/aromatic N) is 3. The predicted octanol–water partition coefficient (Wildman–Crippen LogP) is 6.03. The molecule has 4 aromatic carbocycles. The quantitative estimate of drug-likeness (QED) is 0.405. The molecule has 1 aliphatic rings. The third kappa shape index (κ3) is 3.14. The van der Waals surface area contributed by atoms with E-state index in [0.29, 0.717) is 10.9 Å². The molecule has 0 fully saturated rings. The molecule has 1 heterocycles. The van der Waals surface area contributed by atoms with Crippen LogP contribution in [0, 0.1) is 0 Å². The van der Waals surface area contributed by atoms with Crippen LogP contribution in [0.25, 0.3) is 0 Å². The van der Waals surface area contributed by atoms with Crippen molar-refractivity contribution in [2.45, 2.75) is 5.66 Å². The third-order valence-electron chi connectivity index (χ3n) is 5.22. The third-order valence-corrected chi connectivity index (χ3v) is 5.48. The fourth-order valence-electron chi connectivity index (χ4n) is 3.81. The van der Waals surface area contributed by atoms with Crippen LogP contribution < -0.4 is 10.4 Å². The Hall–Kier alpha value is -3.56. The summed E-state index contributed by atoms with van der Waals surface area (Å²) in [5.41, 5.74) is 8.17. The van der Waals surface area contributed by atoms with E-state index in [2.05, 4.69) is 24.3 Å². The Kier molecular flexibility index (Phi) is 4.74. The average molecular weight is 409 g/mol. The van der Waals surface area contributed by atoms with Crippen molar-refractivity contribution in [3.8, 4) is 0 Å². The van der Waals surface area contributed by atoms with Gasteiger partial charge in [0.15, 0.2) is 5.84 Å². The molecule has 4 aromatic rings. The van der Waals surface area contributed by atoms with Gasteiger partial charge in [0.2, 0.25) is 5.66 Å². The van der Waals surface area contributed by atoms with Crippen molar-refractivity contribution >= 4 is 23.1 Å². The lowest BCUT2D eigenvalue weighted by Gasteiger charge is -2.36. The molecule has 0 atom stereocenters. The average Bonchev–Trinajstić information content (AvgIpc) is 3.23. The van der Waals surface area contributed by atoms with E-state index < -0.39 is 5.66 Å². The van der Waals surface area contributed by atoms with Crippen molar-refractivity contribution in [2.24, 2.45) is 4.99 Å². The highest BCUT2D eigenvalue weighted by Gasteiger charge is 2.47. The van der Waals surface area contributed by atoms with E-state index in [1.165, 1.54) is 0 Å². The van der Waals surface area contributed by atoms with E-state index in [-0.39, 0.29) is 0 Å². The van der Waals surface area contributed by atoms with Crippen LogP contribution >= 0.6 is 11.6 Å². The summed E-state index contributed by atoms with van der Waals surface area (Å²) in [6, 6.07) is 38.4. The summed E-state index contributed by atoms with van der Waals surface area (Å²) in [6.45, 7) is 0. The summed E-state index contributed by atoms with van der Waals surface area (Å²) >= 11 is 6.17. The molecule has 0 bridgehead atoms. The maximum Gasteiger partial charge on any atom is 0.206 e. The highest BCUT2D eigenvalue weighted by molar-refractivity contribution is 6.30. The molecule has 1 aliphatic heterocycles. The summed E-state index contributed by atoms with van der Waals surface area (Å²) in [5.74, 6) is 0.693. The molecule has 3 nitrogen and oxygen atoms in total. The molecule has 5 rings (SSSR count). The largest absolute Gasteiger partial charge is 0.227 e. The van der Waals surface area contributed by atoms with Gasteiger partial charge in [0.1, 0.15) is 0 Å². The highest BCUT2D eigenvalue weighted by atomic mass is 35.5. The highest BCUT2D eigenvalue weighted by Crippen LogP contribution is 2.43. The maximum absolute atomic E-state index is 6.17. The van der Waals surface area contributed by atoms with E-state index in [1.54, 1.807) is 0 Å². The van der Waals surface area contributed by atoms with Gasteiger partial charge in [-0.3, -0.25) is 0 Å². The van der Waals surface area contributed by atoms with Crippen LogP contribution in [0.5, 0.6) is 0 Å². The molecule has 30 heavy (non-hydrogen) atoms. The second-order valence-corrected chi connectivity index (χ2v) is 7.53. The van der Waals surface area contributed by atoms with Crippen LogP contribution in [0.4, 0.5) is 5.69 Å². The van der Waals surface area contributed by atoms with Crippen LogP contribution in [0.15, 0.2) is 120 Å². The Balaban J connectivity index is 1.78. The predicted molar refractivity (Wildman–Crippen MR) is 123 cm³/mol. The lowest BCUT2D eigenvalue weighted by atomic mass is 9.90. The van der Waals surface area contributed by atoms with Crippen molar-refractivity contribution in [3.05, 3.63) is 137 Å². The van der Waals surface area contributed by atoms with Gasteiger partial charge in [-0.15, -0.1) is 5.43 Å². The molecule has 0 saturated heterocycles. The Morgan fingerprint density at radius 3 is 1.63 bits per heavy atom. The van der Waals surface area contributed by atoms with Crippen LogP contribution in [0.2, 0.25) is 5.02 Å². The van der Waals surface area contributed by atoms with Gasteiger partial charge in [-0.05, 0) is 24.3 Å². The zero-order chi connectivity index (χ0) is 20.4. The zero-order valence-corrected chi connectivity index (χ0v) is 16.9. The number of hydrogen-bond donors (Lipinski definition) is 0. The molecule has 4 heteroatoms. The molecule has 0 aliphatic carbocycles. The summed E-state index contributed by atoms with van der Waals surface area (Å²) < 4.78 is 0. The first-order valence-electron chi connectivity index (χ1n) is 9.81. The summed E-state index contributed by atoms with van der Waals surface area (Å²) in [5, 5.41) is 2.68. The second kappa shape index (κ2) is 7.69. The van der Waals surface area contributed by atoms with Crippen molar-refractivity contribution in [2.75, 3.05) is 5.01 Å². The van der Waals surface area contributed by atoms with Crippen LogP contribution in [-0.4, -0.2) is 5.84 Å². The number of halogens is 1. The number of amidine groups is 1. The van der Waals surface area contributed by atoms with Crippen molar-refractivity contribution in [1.29, 1.82) is 0 Å². The van der Waals surface area contributed by atoms with E-state index >= 15 is 0 Å². The maximum atomic E-state index is 6.17. The molecule has 0 aromatic heterocycles. The molecular formula is C26H19ClN3. The molecule has 0 spiro atoms. The summed E-state index contributed by atoms with van der Waals surface area (Å²) in [4.78, 5) is 5.25. The minimum absolute atomic E-state index is 0.687. The van der Waals surface area contributed by atoms with Gasteiger partial charge in [-0.2, -0.15) is 0 Å². The number of rotatable bonds is 4. The van der Waals surface area contributed by atoms with Crippen LogP contribution in [-0.2, 0) is 5.66 Å². The fourth-order valence-corrected chi connectivity index (χ4v) is 3.93. The lowest BCUT2D eigenvalue weighted by Crippen LogP contribution is -2.45. The molecule has 0 unspecified atom stereocenters. The minimum atomic E-state index is -0.818. The molecule has 0 saturated carbocycles. The first-order chi connectivity index (χ1) is 14.8. The topological polar surface area (TPSA) is 29.7 Å². The van der Waals surface area contributed by atoms with E-state index in [9.17, 15) is 0 Å². The second-order valence-electron chi connectivity index (χ2n) is 7.09. The zero-order valence-electron chi connectivity index (χ0n) is 16.2. The Morgan fingerprint density at radius 1 is 0.600 bits per heavy atom. The molecule has 0 N–H and O–H groups in total. The molecule has 0 amide bonds. The molecule has 145 valence electrons. The Bertz CT molecular complexity index is 1120. The van der Waals surface area contributed by atoms with Gasteiger partial charge in [0.05, 0.1) is 5.69 Å². The monoisotopic (exact) mass is 408 g/mol. The first-order valence-corrected chi connectivity index (χ1v) is 10.2. The summed E-state index contributed by atoms with van der Waals surface area (Å²) in [6.07, 6.45) is 0. The van der Waals surface area contributed by atoms with Crippen LogP contribution in [0.3, 0.4) is 0 Å². The van der Waals surface area contributed by atoms with Gasteiger partial charge >= 0.3 is 0 Å². The van der Waals surface area contributed by atoms with Gasteiger partial charge in [-0.1, -0.05) is 103 Å². The van der Waals surface area contributed by atoms with Crippen LogP contribution in [0.1, 0.15) is 16.7 Å². The van der Waals surface area contributed by atoms with Gasteiger partial charge < -0.3 is 0 Å². The Morgan fingerprint density at radius 2 is 1.10 bits per heavy atom. The standard InChI is InChI=1S/C26H19ClN3/c27-23-16-18-24(19-17-23)30-26(21-12-6-2-7-13-21,22-14-8-3-9-15-22)28-25(29-30)20-10-4-1-5-11-20/h1-19H. The number of anilines is 1. The van der Waals surface area contributed by atoms with Gasteiger partial charge in [-0.25, -0.2) is 10.0 Å².